The number of hydrogen-bond donors (Lipinski definition) is 1. The molecule has 0 fully saturated rings. The van der Waals surface area contributed by atoms with Gasteiger partial charge >= 0.3 is 5.63 Å². The predicted molar refractivity (Wildman–Crippen MR) is 113 cm³/mol. The molecular formula is C24H19NO4. The lowest BCUT2D eigenvalue weighted by Gasteiger charge is -2.11. The molecule has 1 aliphatic carbocycles. The zero-order valence-electron chi connectivity index (χ0n) is 15.7. The van der Waals surface area contributed by atoms with E-state index in [4.69, 9.17) is 9.15 Å². The lowest BCUT2D eigenvalue weighted by Crippen LogP contribution is -2.20. The minimum Gasteiger partial charge on any atom is -0.484 e. The molecule has 29 heavy (non-hydrogen) atoms. The van der Waals surface area contributed by atoms with Gasteiger partial charge in [0.1, 0.15) is 11.3 Å². The molecule has 1 N–H and O–H groups in total. The molecule has 4 aromatic rings. The lowest BCUT2D eigenvalue weighted by atomic mass is 10.1. The first-order valence-corrected chi connectivity index (χ1v) is 9.68. The Morgan fingerprint density at radius 3 is 2.72 bits per heavy atom. The Balaban J connectivity index is 1.33. The smallest absolute Gasteiger partial charge is 0.339 e. The molecule has 3 aromatic carbocycles. The van der Waals surface area contributed by atoms with Crippen molar-refractivity contribution in [2.75, 3.05) is 11.9 Å². The quantitative estimate of drug-likeness (QED) is 0.527. The van der Waals surface area contributed by atoms with E-state index in [-0.39, 0.29) is 18.1 Å². The number of nitrogens with one attached hydrogen (secondary N) is 1. The number of anilines is 1. The molecule has 1 aromatic heterocycles. The highest BCUT2D eigenvalue weighted by Gasteiger charge is 2.19. The molecule has 0 saturated carbocycles. The molecular weight excluding hydrogens is 366 g/mol. The average Bonchev–Trinajstić information content (AvgIpc) is 3.23. The third-order valence-electron chi connectivity index (χ3n) is 5.38. The van der Waals surface area contributed by atoms with Crippen LogP contribution in [0.3, 0.4) is 0 Å². The summed E-state index contributed by atoms with van der Waals surface area (Å²) in [5.74, 6) is 0.239. The average molecular weight is 385 g/mol. The van der Waals surface area contributed by atoms with Crippen molar-refractivity contribution in [2.24, 2.45) is 0 Å². The van der Waals surface area contributed by atoms with E-state index in [1.165, 1.54) is 0 Å². The maximum absolute atomic E-state index is 12.4. The van der Waals surface area contributed by atoms with Gasteiger partial charge in [-0.1, -0.05) is 36.4 Å². The minimum atomic E-state index is -0.268. The highest BCUT2D eigenvalue weighted by atomic mass is 16.5. The molecule has 1 heterocycles. The minimum absolute atomic E-state index is 0.135. The molecule has 1 aliphatic rings. The summed E-state index contributed by atoms with van der Waals surface area (Å²) in [6.07, 6.45) is 2.65. The summed E-state index contributed by atoms with van der Waals surface area (Å²) in [6.45, 7) is -0.135. The molecule has 1 amide bonds. The van der Waals surface area contributed by atoms with Gasteiger partial charge in [0.25, 0.3) is 5.91 Å². The first-order chi connectivity index (χ1) is 14.2. The van der Waals surface area contributed by atoms with Crippen molar-refractivity contribution >= 4 is 33.3 Å². The normalized spacial score (nSPS) is 12.8. The second-order valence-corrected chi connectivity index (χ2v) is 7.22. The van der Waals surface area contributed by atoms with Crippen LogP contribution in [0.1, 0.15) is 17.5 Å². The van der Waals surface area contributed by atoms with Crippen LogP contribution in [0, 0.1) is 0 Å². The van der Waals surface area contributed by atoms with Crippen LogP contribution in [0.4, 0.5) is 5.69 Å². The van der Waals surface area contributed by atoms with Crippen LogP contribution in [0.15, 0.2) is 69.9 Å². The Bertz CT molecular complexity index is 1300. The summed E-state index contributed by atoms with van der Waals surface area (Å²) in [5, 5.41) is 5.88. The predicted octanol–water partition coefficient (Wildman–Crippen LogP) is 4.45. The molecule has 0 radical (unpaired) electrons. The fourth-order valence-electron chi connectivity index (χ4n) is 4.02. The van der Waals surface area contributed by atoms with Crippen molar-refractivity contribution in [3.05, 3.63) is 82.2 Å². The van der Waals surface area contributed by atoms with Crippen molar-refractivity contribution in [3.63, 3.8) is 0 Å². The van der Waals surface area contributed by atoms with Gasteiger partial charge < -0.3 is 14.5 Å². The highest BCUT2D eigenvalue weighted by molar-refractivity contribution is 6.02. The number of aryl methyl sites for hydroxylation is 1. The molecule has 5 nitrogen and oxygen atoms in total. The van der Waals surface area contributed by atoms with Gasteiger partial charge in [-0.15, -0.1) is 0 Å². The fourth-order valence-corrected chi connectivity index (χ4v) is 4.02. The molecule has 0 bridgehead atoms. The number of amides is 1. The first-order valence-electron chi connectivity index (χ1n) is 9.68. The summed E-state index contributed by atoms with van der Waals surface area (Å²) >= 11 is 0. The van der Waals surface area contributed by atoms with Crippen molar-refractivity contribution in [3.8, 4) is 5.75 Å². The standard InChI is InChI=1S/C24H19NO4/c26-23(25-21-10-3-6-15-5-1-2-7-17(15)21)14-28-16-11-12-19-18-8-4-9-20(18)24(27)29-22(19)13-16/h1-3,5-7,10-13H,4,8-9,14H2,(H,25,26). The number of hydrogen-bond acceptors (Lipinski definition) is 4. The van der Waals surface area contributed by atoms with Gasteiger partial charge in [0, 0.05) is 28.1 Å². The zero-order chi connectivity index (χ0) is 19.8. The second kappa shape index (κ2) is 7.09. The summed E-state index contributed by atoms with van der Waals surface area (Å²) in [4.78, 5) is 24.5. The van der Waals surface area contributed by atoms with Gasteiger partial charge in [0.05, 0.1) is 0 Å². The SMILES string of the molecule is O=C(COc1ccc2c3c(c(=O)oc2c1)CCC3)Nc1cccc2ccccc12. The molecule has 0 aliphatic heterocycles. The van der Waals surface area contributed by atoms with Crippen molar-refractivity contribution in [2.45, 2.75) is 19.3 Å². The molecule has 0 saturated heterocycles. The van der Waals surface area contributed by atoms with Gasteiger partial charge in [-0.3, -0.25) is 4.79 Å². The third-order valence-corrected chi connectivity index (χ3v) is 5.38. The second-order valence-electron chi connectivity index (χ2n) is 7.22. The number of fused-ring (bicyclic) bond motifs is 4. The van der Waals surface area contributed by atoms with Crippen LogP contribution in [0.25, 0.3) is 21.7 Å². The highest BCUT2D eigenvalue weighted by Crippen LogP contribution is 2.29. The van der Waals surface area contributed by atoms with E-state index >= 15 is 0 Å². The number of carbonyl (C=O) groups is 1. The summed E-state index contributed by atoms with van der Waals surface area (Å²) in [6, 6.07) is 19.0. The number of rotatable bonds is 4. The van der Waals surface area contributed by atoms with Crippen molar-refractivity contribution in [1.82, 2.24) is 0 Å². The molecule has 0 atom stereocenters. The van der Waals surface area contributed by atoms with E-state index in [0.717, 1.165) is 52.2 Å². The molecule has 144 valence electrons. The third kappa shape index (κ3) is 3.25. The van der Waals surface area contributed by atoms with Crippen LogP contribution < -0.4 is 15.7 Å². The molecule has 0 unspecified atom stereocenters. The van der Waals surface area contributed by atoms with Crippen LogP contribution >= 0.6 is 0 Å². The number of carbonyl (C=O) groups excluding carboxylic acids is 1. The monoisotopic (exact) mass is 385 g/mol. The van der Waals surface area contributed by atoms with E-state index in [1.54, 1.807) is 6.07 Å². The Morgan fingerprint density at radius 1 is 0.966 bits per heavy atom. The Morgan fingerprint density at radius 2 is 1.79 bits per heavy atom. The molecule has 5 rings (SSSR count). The lowest BCUT2D eigenvalue weighted by molar-refractivity contribution is -0.118. The van der Waals surface area contributed by atoms with Crippen molar-refractivity contribution < 1.29 is 13.9 Å². The van der Waals surface area contributed by atoms with Crippen LogP contribution in [-0.4, -0.2) is 12.5 Å². The largest absolute Gasteiger partial charge is 0.484 e. The van der Waals surface area contributed by atoms with E-state index in [2.05, 4.69) is 5.32 Å². The van der Waals surface area contributed by atoms with Crippen LogP contribution in [0.5, 0.6) is 5.75 Å². The van der Waals surface area contributed by atoms with E-state index in [9.17, 15) is 9.59 Å². The summed E-state index contributed by atoms with van der Waals surface area (Å²) in [5.41, 5.74) is 2.85. The summed E-state index contributed by atoms with van der Waals surface area (Å²) in [7, 11) is 0. The Hall–Kier alpha value is -3.60. The van der Waals surface area contributed by atoms with Crippen molar-refractivity contribution in [1.29, 1.82) is 0 Å². The topological polar surface area (TPSA) is 68.5 Å². The van der Waals surface area contributed by atoms with Crippen LogP contribution in [-0.2, 0) is 17.6 Å². The van der Waals surface area contributed by atoms with E-state index in [1.807, 2.05) is 54.6 Å². The van der Waals surface area contributed by atoms with Gasteiger partial charge in [-0.05, 0) is 48.4 Å². The molecule has 0 spiro atoms. The number of ether oxygens (including phenoxy) is 1. The maximum atomic E-state index is 12.4. The number of benzene rings is 3. The Labute approximate surface area is 166 Å². The fraction of sp³-hybridized carbons (Fsp3) is 0.167. The summed E-state index contributed by atoms with van der Waals surface area (Å²) < 4.78 is 11.1. The van der Waals surface area contributed by atoms with Gasteiger partial charge in [-0.2, -0.15) is 0 Å². The maximum Gasteiger partial charge on any atom is 0.339 e. The molecule has 5 heteroatoms. The Kier molecular flexibility index (Phi) is 4.28. The van der Waals surface area contributed by atoms with Gasteiger partial charge in [-0.25, -0.2) is 4.79 Å². The first kappa shape index (κ1) is 17.5. The van der Waals surface area contributed by atoms with Gasteiger partial charge in [0.15, 0.2) is 6.61 Å². The van der Waals surface area contributed by atoms with E-state index < -0.39 is 0 Å². The van der Waals surface area contributed by atoms with Gasteiger partial charge in [0.2, 0.25) is 0 Å². The van der Waals surface area contributed by atoms with E-state index in [0.29, 0.717) is 11.3 Å². The van der Waals surface area contributed by atoms with Crippen LogP contribution in [0.2, 0.25) is 0 Å². The zero-order valence-corrected chi connectivity index (χ0v) is 15.7.